The molecule has 132 valence electrons. The smallest absolute Gasteiger partial charge is 0.192 e. The van der Waals surface area contributed by atoms with Gasteiger partial charge in [-0.2, -0.15) is 0 Å². The normalized spacial score (nSPS) is 14.0. The van der Waals surface area contributed by atoms with Crippen LogP contribution in [0.2, 0.25) is 18.1 Å². The first kappa shape index (κ1) is 18.9. The summed E-state index contributed by atoms with van der Waals surface area (Å²) >= 11 is 0. The molecule has 1 heterocycles. The van der Waals surface area contributed by atoms with Crippen molar-refractivity contribution in [3.63, 3.8) is 0 Å². The molecule has 2 rings (SSSR count). The highest BCUT2D eigenvalue weighted by atomic mass is 28.4. The van der Waals surface area contributed by atoms with Gasteiger partial charge in [0, 0.05) is 5.56 Å². The molecule has 2 aromatic rings. The highest BCUT2D eigenvalue weighted by molar-refractivity contribution is 6.74. The summed E-state index contributed by atoms with van der Waals surface area (Å²) in [6, 6.07) is 11.5. The summed E-state index contributed by atoms with van der Waals surface area (Å²) in [7, 11) is -1.83. The van der Waals surface area contributed by atoms with Gasteiger partial charge in [0.05, 0.1) is 13.2 Å². The van der Waals surface area contributed by atoms with Crippen molar-refractivity contribution in [3.8, 4) is 11.3 Å². The van der Waals surface area contributed by atoms with Crippen LogP contribution in [0, 0.1) is 0 Å². The lowest BCUT2D eigenvalue weighted by atomic mass is 10.1. The molecule has 24 heavy (non-hydrogen) atoms. The Bertz CT molecular complexity index is 670. The second-order valence-corrected chi connectivity index (χ2v) is 12.4. The Morgan fingerprint density at radius 1 is 1.12 bits per heavy atom. The van der Waals surface area contributed by atoms with E-state index in [4.69, 9.17) is 13.9 Å². The van der Waals surface area contributed by atoms with Crippen molar-refractivity contribution in [3.05, 3.63) is 47.7 Å². The van der Waals surface area contributed by atoms with E-state index < -0.39 is 14.4 Å². The Labute approximate surface area is 145 Å². The first-order valence-electron chi connectivity index (χ1n) is 8.26. The number of hydrogen-bond acceptors (Lipinski definition) is 4. The molecule has 0 saturated heterocycles. The van der Waals surface area contributed by atoms with E-state index in [2.05, 4.69) is 33.9 Å². The van der Waals surface area contributed by atoms with E-state index in [1.54, 1.807) is 6.07 Å². The van der Waals surface area contributed by atoms with Gasteiger partial charge >= 0.3 is 0 Å². The lowest BCUT2D eigenvalue weighted by molar-refractivity contribution is 0.0781. The van der Waals surface area contributed by atoms with Gasteiger partial charge in [0.1, 0.15) is 17.6 Å². The van der Waals surface area contributed by atoms with Crippen LogP contribution in [0.25, 0.3) is 11.3 Å². The Kier molecular flexibility index (Phi) is 5.70. The minimum absolute atomic E-state index is 0.158. The van der Waals surface area contributed by atoms with E-state index in [9.17, 15) is 5.11 Å². The highest BCUT2D eigenvalue weighted by Gasteiger charge is 2.37. The lowest BCUT2D eigenvalue weighted by Gasteiger charge is -2.36. The molecule has 0 aliphatic rings. The van der Waals surface area contributed by atoms with Crippen molar-refractivity contribution < 1.29 is 19.1 Å². The van der Waals surface area contributed by atoms with Gasteiger partial charge in [0.15, 0.2) is 8.32 Å². The fraction of sp³-hybridized carbons (Fsp3) is 0.474. The van der Waals surface area contributed by atoms with Crippen molar-refractivity contribution in [1.82, 2.24) is 0 Å². The third-order valence-corrected chi connectivity index (χ3v) is 9.28. The lowest BCUT2D eigenvalue weighted by Crippen LogP contribution is -2.40. The maximum atomic E-state index is 9.70. The molecule has 0 radical (unpaired) electrons. The molecule has 1 atom stereocenters. The van der Waals surface area contributed by atoms with Crippen LogP contribution >= 0.6 is 0 Å². The second kappa shape index (κ2) is 7.23. The molecule has 0 aliphatic carbocycles. The Balaban J connectivity index is 2.24. The predicted molar refractivity (Wildman–Crippen MR) is 98.2 cm³/mol. The number of benzene rings is 1. The zero-order chi connectivity index (χ0) is 18.0. The van der Waals surface area contributed by atoms with Gasteiger partial charge in [-0.1, -0.05) is 45.0 Å². The zero-order valence-corrected chi connectivity index (χ0v) is 16.2. The molecule has 4 nitrogen and oxygen atoms in total. The SMILES string of the molecule is CC(C)(C)[Si](C)(C)OCc1ccccc1-c1ccc([C@H](O)CO)o1. The number of rotatable bonds is 6. The van der Waals surface area contributed by atoms with Gasteiger partial charge in [0.2, 0.25) is 0 Å². The molecular formula is C19H28O4Si. The molecule has 1 aromatic heterocycles. The predicted octanol–water partition coefficient (Wildman–Crippen LogP) is 4.49. The summed E-state index contributed by atoms with van der Waals surface area (Å²) in [5.41, 5.74) is 2.01. The fourth-order valence-electron chi connectivity index (χ4n) is 2.13. The first-order valence-corrected chi connectivity index (χ1v) is 11.2. The highest BCUT2D eigenvalue weighted by Crippen LogP contribution is 2.38. The molecular weight excluding hydrogens is 320 g/mol. The summed E-state index contributed by atoms with van der Waals surface area (Å²) in [6.07, 6.45) is -0.991. The van der Waals surface area contributed by atoms with E-state index in [0.29, 0.717) is 18.1 Å². The summed E-state index contributed by atoms with van der Waals surface area (Å²) < 4.78 is 12.0. The average molecular weight is 349 g/mol. The van der Waals surface area contributed by atoms with E-state index in [1.165, 1.54) is 0 Å². The molecule has 0 spiro atoms. The van der Waals surface area contributed by atoms with Crippen LogP contribution in [0.1, 0.15) is 38.2 Å². The molecule has 0 amide bonds. The van der Waals surface area contributed by atoms with Crippen LogP contribution in [0.15, 0.2) is 40.8 Å². The topological polar surface area (TPSA) is 62.8 Å². The maximum Gasteiger partial charge on any atom is 0.192 e. The Morgan fingerprint density at radius 3 is 2.42 bits per heavy atom. The van der Waals surface area contributed by atoms with Crippen molar-refractivity contribution in [2.24, 2.45) is 0 Å². The standard InChI is InChI=1S/C19H28O4Si/c1-19(2,3)24(4,5)22-13-14-8-6-7-9-15(14)17-10-11-18(23-17)16(21)12-20/h6-11,16,20-21H,12-13H2,1-5H3/t16-/m1/s1. The van der Waals surface area contributed by atoms with E-state index in [1.807, 2.05) is 30.3 Å². The minimum Gasteiger partial charge on any atom is -0.458 e. The van der Waals surface area contributed by atoms with Crippen molar-refractivity contribution in [1.29, 1.82) is 0 Å². The van der Waals surface area contributed by atoms with Gasteiger partial charge in [-0.05, 0) is 35.8 Å². The zero-order valence-electron chi connectivity index (χ0n) is 15.2. The van der Waals surface area contributed by atoms with Crippen LogP contribution in [0.4, 0.5) is 0 Å². The maximum absolute atomic E-state index is 9.70. The van der Waals surface area contributed by atoms with Crippen LogP contribution < -0.4 is 0 Å². The van der Waals surface area contributed by atoms with Crippen LogP contribution in [-0.4, -0.2) is 25.1 Å². The quantitative estimate of drug-likeness (QED) is 0.755. The van der Waals surface area contributed by atoms with E-state index in [0.717, 1.165) is 11.1 Å². The molecule has 0 aliphatic heterocycles. The largest absolute Gasteiger partial charge is 0.458 e. The summed E-state index contributed by atoms with van der Waals surface area (Å²) in [6.45, 7) is 11.3. The minimum atomic E-state index is -1.83. The number of hydrogen-bond donors (Lipinski definition) is 2. The molecule has 2 N–H and O–H groups in total. The Morgan fingerprint density at radius 2 is 1.79 bits per heavy atom. The third-order valence-electron chi connectivity index (χ3n) is 4.81. The van der Waals surface area contributed by atoms with Crippen molar-refractivity contribution in [2.75, 3.05) is 6.61 Å². The number of furan rings is 1. The van der Waals surface area contributed by atoms with Gasteiger partial charge in [-0.15, -0.1) is 0 Å². The van der Waals surface area contributed by atoms with E-state index >= 15 is 0 Å². The van der Waals surface area contributed by atoms with Gasteiger partial charge in [-0.3, -0.25) is 0 Å². The van der Waals surface area contributed by atoms with E-state index in [-0.39, 0.29) is 11.6 Å². The molecule has 5 heteroatoms. The van der Waals surface area contributed by atoms with Crippen LogP contribution in [-0.2, 0) is 11.0 Å². The summed E-state index contributed by atoms with van der Waals surface area (Å²) in [5.74, 6) is 1.04. The molecule has 0 unspecified atom stereocenters. The van der Waals surface area contributed by atoms with Gasteiger partial charge < -0.3 is 19.1 Å². The monoisotopic (exact) mass is 348 g/mol. The molecule has 0 fully saturated rings. The fourth-order valence-corrected chi connectivity index (χ4v) is 3.08. The average Bonchev–Trinajstić information content (AvgIpc) is 3.01. The molecule has 0 saturated carbocycles. The van der Waals surface area contributed by atoms with Gasteiger partial charge in [0.25, 0.3) is 0 Å². The second-order valence-electron chi connectivity index (χ2n) is 7.61. The summed E-state index contributed by atoms with van der Waals surface area (Å²) in [5, 5.41) is 18.9. The number of aliphatic hydroxyl groups excluding tert-OH is 2. The third kappa shape index (κ3) is 4.16. The Hall–Kier alpha value is -1.40. The summed E-state index contributed by atoms with van der Waals surface area (Å²) in [4.78, 5) is 0. The first-order chi connectivity index (χ1) is 11.2. The number of aliphatic hydroxyl groups is 2. The van der Waals surface area contributed by atoms with Crippen LogP contribution in [0.5, 0.6) is 0 Å². The molecule has 1 aromatic carbocycles. The van der Waals surface area contributed by atoms with Crippen molar-refractivity contribution in [2.45, 2.75) is 51.6 Å². The van der Waals surface area contributed by atoms with Crippen LogP contribution in [0.3, 0.4) is 0 Å². The van der Waals surface area contributed by atoms with Gasteiger partial charge in [-0.25, -0.2) is 0 Å². The van der Waals surface area contributed by atoms with Crippen molar-refractivity contribution >= 4 is 8.32 Å². The molecule has 0 bridgehead atoms.